The Morgan fingerprint density at radius 2 is 2.04 bits per heavy atom. The van der Waals surface area contributed by atoms with Gasteiger partial charge in [-0.15, -0.1) is 0 Å². The number of hydrogen-bond donors (Lipinski definition) is 1. The number of carbonyl (C=O) groups excluding carboxylic acids is 1. The van der Waals surface area contributed by atoms with E-state index in [1.165, 1.54) is 4.90 Å². The SMILES string of the molecule is CC(C)(C)c1nc2n(c1-c1ccc3c(c1)COC3=O)CCN(C(=O)O)C2. The third-order valence-electron chi connectivity index (χ3n) is 4.91. The zero-order valence-electron chi connectivity index (χ0n) is 15.1. The fourth-order valence-electron chi connectivity index (χ4n) is 3.59. The summed E-state index contributed by atoms with van der Waals surface area (Å²) in [7, 11) is 0. The predicted molar refractivity (Wildman–Crippen MR) is 93.9 cm³/mol. The first kappa shape index (κ1) is 16.6. The smallest absolute Gasteiger partial charge is 0.407 e. The predicted octanol–water partition coefficient (Wildman–Crippen LogP) is 3.01. The van der Waals surface area contributed by atoms with E-state index >= 15 is 0 Å². The number of amides is 1. The molecule has 0 aliphatic carbocycles. The number of rotatable bonds is 1. The lowest BCUT2D eigenvalue weighted by molar-refractivity contribution is 0.0535. The molecule has 0 spiro atoms. The Kier molecular flexibility index (Phi) is 3.57. The van der Waals surface area contributed by atoms with E-state index in [1.54, 1.807) is 6.07 Å². The first-order valence-electron chi connectivity index (χ1n) is 8.64. The number of fused-ring (bicyclic) bond motifs is 2. The highest BCUT2D eigenvalue weighted by Crippen LogP contribution is 2.36. The van der Waals surface area contributed by atoms with Crippen LogP contribution in [0.5, 0.6) is 0 Å². The van der Waals surface area contributed by atoms with Crippen LogP contribution < -0.4 is 0 Å². The highest BCUT2D eigenvalue weighted by Gasteiger charge is 2.32. The summed E-state index contributed by atoms with van der Waals surface area (Å²) in [5.41, 5.74) is 4.21. The number of esters is 1. The van der Waals surface area contributed by atoms with Gasteiger partial charge in [-0.05, 0) is 12.1 Å². The second-order valence-electron chi connectivity index (χ2n) is 7.78. The van der Waals surface area contributed by atoms with Gasteiger partial charge in [0, 0.05) is 29.6 Å². The second kappa shape index (κ2) is 5.59. The second-order valence-corrected chi connectivity index (χ2v) is 7.78. The summed E-state index contributed by atoms with van der Waals surface area (Å²) in [6, 6.07) is 5.72. The maximum absolute atomic E-state index is 11.7. The van der Waals surface area contributed by atoms with Crippen LogP contribution in [0.15, 0.2) is 18.2 Å². The van der Waals surface area contributed by atoms with Gasteiger partial charge >= 0.3 is 12.1 Å². The van der Waals surface area contributed by atoms with E-state index < -0.39 is 6.09 Å². The summed E-state index contributed by atoms with van der Waals surface area (Å²) < 4.78 is 7.22. The van der Waals surface area contributed by atoms with E-state index in [0.29, 0.717) is 25.3 Å². The minimum Gasteiger partial charge on any atom is -0.465 e. The highest BCUT2D eigenvalue weighted by molar-refractivity contribution is 5.94. The zero-order chi connectivity index (χ0) is 18.6. The monoisotopic (exact) mass is 355 g/mol. The summed E-state index contributed by atoms with van der Waals surface area (Å²) in [5, 5.41) is 9.29. The van der Waals surface area contributed by atoms with E-state index in [-0.39, 0.29) is 17.9 Å². The van der Waals surface area contributed by atoms with Crippen molar-refractivity contribution in [2.75, 3.05) is 6.54 Å². The lowest BCUT2D eigenvalue weighted by atomic mass is 9.88. The molecule has 0 fully saturated rings. The van der Waals surface area contributed by atoms with Gasteiger partial charge < -0.3 is 14.4 Å². The lowest BCUT2D eigenvalue weighted by Crippen LogP contribution is -2.37. The van der Waals surface area contributed by atoms with E-state index in [9.17, 15) is 14.7 Å². The molecule has 7 nitrogen and oxygen atoms in total. The van der Waals surface area contributed by atoms with Crippen LogP contribution in [0.4, 0.5) is 4.79 Å². The van der Waals surface area contributed by atoms with Crippen molar-refractivity contribution >= 4 is 12.1 Å². The van der Waals surface area contributed by atoms with Crippen LogP contribution in [0.2, 0.25) is 0 Å². The summed E-state index contributed by atoms with van der Waals surface area (Å²) in [6.07, 6.45) is -0.925. The van der Waals surface area contributed by atoms with Crippen molar-refractivity contribution in [3.63, 3.8) is 0 Å². The van der Waals surface area contributed by atoms with Crippen molar-refractivity contribution in [3.8, 4) is 11.3 Å². The fraction of sp³-hybridized carbons (Fsp3) is 0.421. The third kappa shape index (κ3) is 2.55. The average Bonchev–Trinajstić information content (AvgIpc) is 3.14. The van der Waals surface area contributed by atoms with Gasteiger partial charge in [-0.25, -0.2) is 14.6 Å². The Morgan fingerprint density at radius 3 is 2.73 bits per heavy atom. The van der Waals surface area contributed by atoms with Crippen molar-refractivity contribution in [2.45, 2.75) is 45.9 Å². The van der Waals surface area contributed by atoms with Gasteiger partial charge in [0.05, 0.1) is 23.5 Å². The molecule has 7 heteroatoms. The molecule has 1 N–H and O–H groups in total. The van der Waals surface area contributed by atoms with E-state index in [4.69, 9.17) is 9.72 Å². The minimum absolute atomic E-state index is 0.195. The third-order valence-corrected chi connectivity index (χ3v) is 4.91. The van der Waals surface area contributed by atoms with Crippen molar-refractivity contribution in [3.05, 3.63) is 40.8 Å². The van der Waals surface area contributed by atoms with Crippen LogP contribution in [0, 0.1) is 0 Å². The Balaban J connectivity index is 1.86. The number of carbonyl (C=O) groups is 2. The first-order valence-corrected chi connectivity index (χ1v) is 8.64. The van der Waals surface area contributed by atoms with Crippen molar-refractivity contribution in [2.24, 2.45) is 0 Å². The molecule has 3 heterocycles. The van der Waals surface area contributed by atoms with Crippen LogP contribution in [0.25, 0.3) is 11.3 Å². The van der Waals surface area contributed by atoms with Crippen molar-refractivity contribution in [1.29, 1.82) is 0 Å². The van der Waals surface area contributed by atoms with Gasteiger partial charge in [0.15, 0.2) is 0 Å². The number of imidazole rings is 1. The van der Waals surface area contributed by atoms with E-state index in [1.807, 2.05) is 12.1 Å². The summed E-state index contributed by atoms with van der Waals surface area (Å²) in [4.78, 5) is 29.2. The van der Waals surface area contributed by atoms with Gasteiger partial charge in [-0.3, -0.25) is 4.90 Å². The van der Waals surface area contributed by atoms with Crippen LogP contribution in [-0.4, -0.2) is 38.2 Å². The van der Waals surface area contributed by atoms with Crippen LogP contribution in [0.3, 0.4) is 0 Å². The Hall–Kier alpha value is -2.83. The van der Waals surface area contributed by atoms with Crippen molar-refractivity contribution in [1.82, 2.24) is 14.5 Å². The molecular weight excluding hydrogens is 334 g/mol. The topological polar surface area (TPSA) is 84.7 Å². The van der Waals surface area contributed by atoms with Gasteiger partial charge in [0.1, 0.15) is 12.4 Å². The number of carboxylic acid groups (broad SMARTS) is 1. The molecule has 0 atom stereocenters. The average molecular weight is 355 g/mol. The lowest BCUT2D eigenvalue weighted by Gasteiger charge is -2.26. The molecule has 2 aromatic rings. The zero-order valence-corrected chi connectivity index (χ0v) is 15.1. The number of nitrogens with zero attached hydrogens (tertiary/aromatic N) is 3. The van der Waals surface area contributed by atoms with Gasteiger partial charge in [-0.1, -0.05) is 26.8 Å². The Morgan fingerprint density at radius 1 is 1.27 bits per heavy atom. The molecule has 1 amide bonds. The largest absolute Gasteiger partial charge is 0.465 e. The molecule has 0 unspecified atom stereocenters. The number of ether oxygens (including phenoxy) is 1. The summed E-state index contributed by atoms with van der Waals surface area (Å²) in [6.45, 7) is 7.86. The molecule has 0 saturated carbocycles. The normalized spacial score (nSPS) is 16.3. The molecule has 1 aromatic heterocycles. The fourth-order valence-corrected chi connectivity index (χ4v) is 3.59. The van der Waals surface area contributed by atoms with Crippen LogP contribution in [-0.2, 0) is 29.8 Å². The van der Waals surface area contributed by atoms with E-state index in [0.717, 1.165) is 28.3 Å². The minimum atomic E-state index is -0.925. The maximum Gasteiger partial charge on any atom is 0.407 e. The Labute approximate surface area is 151 Å². The molecule has 0 bridgehead atoms. The number of cyclic esters (lactones) is 1. The van der Waals surface area contributed by atoms with Crippen LogP contribution >= 0.6 is 0 Å². The molecule has 0 saturated heterocycles. The molecule has 136 valence electrons. The Bertz CT molecular complexity index is 924. The van der Waals surface area contributed by atoms with Crippen molar-refractivity contribution < 1.29 is 19.4 Å². The molecule has 1 aromatic carbocycles. The van der Waals surface area contributed by atoms with Gasteiger partial charge in [-0.2, -0.15) is 0 Å². The van der Waals surface area contributed by atoms with Crippen LogP contribution in [0.1, 0.15) is 48.2 Å². The molecule has 0 radical (unpaired) electrons. The first-order chi connectivity index (χ1) is 12.3. The number of aromatic nitrogens is 2. The van der Waals surface area contributed by atoms with Gasteiger partial charge in [0.25, 0.3) is 0 Å². The molecule has 2 aliphatic heterocycles. The quantitative estimate of drug-likeness (QED) is 0.795. The standard InChI is InChI=1S/C19H21N3O4/c1-19(2,3)16-15(11-4-5-13-12(8-11)10-26-17(13)23)22-7-6-21(18(24)25)9-14(22)20-16/h4-5,8H,6-7,9-10H2,1-3H3,(H,24,25). The summed E-state index contributed by atoms with van der Waals surface area (Å²) in [5.74, 6) is 0.474. The summed E-state index contributed by atoms with van der Waals surface area (Å²) >= 11 is 0. The van der Waals surface area contributed by atoms with Gasteiger partial charge in [0.2, 0.25) is 0 Å². The highest BCUT2D eigenvalue weighted by atomic mass is 16.5. The van der Waals surface area contributed by atoms with E-state index in [2.05, 4.69) is 25.3 Å². The number of hydrogen-bond acceptors (Lipinski definition) is 4. The maximum atomic E-state index is 11.7. The molecule has 26 heavy (non-hydrogen) atoms. The molecule has 4 rings (SSSR count). The molecule has 2 aliphatic rings. The molecular formula is C19H21N3O4. The number of benzene rings is 1.